The zero-order valence-electron chi connectivity index (χ0n) is 10.1. The summed E-state index contributed by atoms with van der Waals surface area (Å²) in [5, 5.41) is 4.14. The number of rotatable bonds is 8. The molecular formula is C11H17BrN2O3. The summed E-state index contributed by atoms with van der Waals surface area (Å²) in [4.78, 5) is 12.0. The van der Waals surface area contributed by atoms with Crippen molar-refractivity contribution in [2.24, 2.45) is 0 Å². The molecule has 0 amide bonds. The lowest BCUT2D eigenvalue weighted by Gasteiger charge is -2.06. The van der Waals surface area contributed by atoms with Gasteiger partial charge in [-0.3, -0.25) is 9.48 Å². The zero-order chi connectivity index (χ0) is 12.7. The van der Waals surface area contributed by atoms with Gasteiger partial charge in [-0.2, -0.15) is 5.10 Å². The van der Waals surface area contributed by atoms with E-state index >= 15 is 0 Å². The van der Waals surface area contributed by atoms with Crippen LogP contribution in [0.3, 0.4) is 0 Å². The second-order valence-electron chi connectivity index (χ2n) is 3.58. The van der Waals surface area contributed by atoms with E-state index in [1.807, 2.05) is 0 Å². The maximum atomic E-state index is 12.0. The number of Topliss-reactive ketones (excluding diaryl/α,β-unsaturated/α-hetero) is 1. The smallest absolute Gasteiger partial charge is 0.182 e. The Hall–Kier alpha value is -0.720. The molecule has 5 nitrogen and oxygen atoms in total. The number of aromatic nitrogens is 2. The molecular weight excluding hydrogens is 288 g/mol. The molecule has 0 radical (unpaired) electrons. The van der Waals surface area contributed by atoms with E-state index in [-0.39, 0.29) is 5.78 Å². The third kappa shape index (κ3) is 4.22. The Morgan fingerprint density at radius 3 is 2.76 bits per heavy atom. The largest absolute Gasteiger partial charge is 0.385 e. The summed E-state index contributed by atoms with van der Waals surface area (Å²) in [7, 11) is 3.25. The van der Waals surface area contributed by atoms with Crippen LogP contribution < -0.4 is 0 Å². The van der Waals surface area contributed by atoms with E-state index in [9.17, 15) is 4.79 Å². The van der Waals surface area contributed by atoms with E-state index in [1.54, 1.807) is 25.1 Å². The quantitative estimate of drug-likeness (QED) is 0.544. The van der Waals surface area contributed by atoms with Gasteiger partial charge in [-0.15, -0.1) is 0 Å². The molecule has 0 fully saturated rings. The van der Waals surface area contributed by atoms with E-state index in [4.69, 9.17) is 9.47 Å². The van der Waals surface area contributed by atoms with Crippen molar-refractivity contribution in [3.63, 3.8) is 0 Å². The van der Waals surface area contributed by atoms with Crippen molar-refractivity contribution in [3.8, 4) is 0 Å². The number of nitrogens with zero attached hydrogens (tertiary/aromatic N) is 2. The SMILES string of the molecule is COCCCC(=O)c1c(Br)cnn1CCOC. The first-order chi connectivity index (χ1) is 8.20. The molecule has 0 aliphatic heterocycles. The number of methoxy groups -OCH3 is 2. The van der Waals surface area contributed by atoms with E-state index < -0.39 is 0 Å². The molecule has 6 heteroatoms. The lowest BCUT2D eigenvalue weighted by Crippen LogP contribution is -2.14. The molecule has 0 bridgehead atoms. The van der Waals surface area contributed by atoms with Crippen molar-refractivity contribution < 1.29 is 14.3 Å². The standard InChI is InChI=1S/C11H17BrN2O3/c1-16-6-3-4-10(15)11-9(12)8-13-14(11)5-7-17-2/h8H,3-7H2,1-2H3. The Balaban J connectivity index is 2.66. The highest BCUT2D eigenvalue weighted by atomic mass is 79.9. The van der Waals surface area contributed by atoms with Crippen LogP contribution in [-0.2, 0) is 16.0 Å². The van der Waals surface area contributed by atoms with Crippen molar-refractivity contribution in [2.45, 2.75) is 19.4 Å². The number of halogens is 1. The Kier molecular flexibility index (Phi) is 6.39. The lowest BCUT2D eigenvalue weighted by molar-refractivity contribution is 0.0948. The minimum atomic E-state index is 0.0718. The molecule has 0 spiro atoms. The third-order valence-electron chi connectivity index (χ3n) is 2.32. The van der Waals surface area contributed by atoms with Crippen LogP contribution in [0.4, 0.5) is 0 Å². The maximum Gasteiger partial charge on any atom is 0.182 e. The topological polar surface area (TPSA) is 53.3 Å². The number of hydrogen-bond donors (Lipinski definition) is 0. The Morgan fingerprint density at radius 1 is 1.41 bits per heavy atom. The Labute approximate surface area is 109 Å². The summed E-state index contributed by atoms with van der Waals surface area (Å²) < 4.78 is 12.3. The predicted molar refractivity (Wildman–Crippen MR) is 67.2 cm³/mol. The average molecular weight is 305 g/mol. The van der Waals surface area contributed by atoms with Crippen molar-refractivity contribution in [1.82, 2.24) is 9.78 Å². The lowest BCUT2D eigenvalue weighted by atomic mass is 10.2. The second-order valence-corrected chi connectivity index (χ2v) is 4.43. The van der Waals surface area contributed by atoms with Crippen LogP contribution in [0.25, 0.3) is 0 Å². The van der Waals surface area contributed by atoms with Crippen molar-refractivity contribution in [2.75, 3.05) is 27.4 Å². The minimum absolute atomic E-state index is 0.0718. The van der Waals surface area contributed by atoms with Gasteiger partial charge in [0.25, 0.3) is 0 Å². The van der Waals surface area contributed by atoms with Gasteiger partial charge in [-0.1, -0.05) is 0 Å². The van der Waals surface area contributed by atoms with Gasteiger partial charge in [-0.05, 0) is 22.4 Å². The van der Waals surface area contributed by atoms with Gasteiger partial charge in [0.2, 0.25) is 0 Å². The average Bonchev–Trinajstić information content (AvgIpc) is 2.68. The molecule has 0 aliphatic rings. The van der Waals surface area contributed by atoms with Gasteiger partial charge in [0.1, 0.15) is 5.69 Å². The van der Waals surface area contributed by atoms with Crippen LogP contribution >= 0.6 is 15.9 Å². The van der Waals surface area contributed by atoms with E-state index in [1.165, 1.54) is 0 Å². The first kappa shape index (κ1) is 14.3. The summed E-state index contributed by atoms with van der Waals surface area (Å²) >= 11 is 3.34. The highest BCUT2D eigenvalue weighted by Gasteiger charge is 2.16. The van der Waals surface area contributed by atoms with Crippen LogP contribution in [0, 0.1) is 0 Å². The van der Waals surface area contributed by atoms with Crippen molar-refractivity contribution in [1.29, 1.82) is 0 Å². The second kappa shape index (κ2) is 7.58. The van der Waals surface area contributed by atoms with Crippen LogP contribution in [0.2, 0.25) is 0 Å². The van der Waals surface area contributed by atoms with Gasteiger partial charge in [-0.25, -0.2) is 0 Å². The molecule has 0 saturated heterocycles. The van der Waals surface area contributed by atoms with E-state index in [0.717, 1.165) is 10.9 Å². The highest BCUT2D eigenvalue weighted by molar-refractivity contribution is 9.10. The molecule has 96 valence electrons. The van der Waals surface area contributed by atoms with Gasteiger partial charge in [0.05, 0.1) is 23.8 Å². The van der Waals surface area contributed by atoms with Crippen molar-refractivity contribution in [3.05, 3.63) is 16.4 Å². The molecule has 17 heavy (non-hydrogen) atoms. The molecule has 0 atom stereocenters. The van der Waals surface area contributed by atoms with Crippen LogP contribution in [0.15, 0.2) is 10.7 Å². The Morgan fingerprint density at radius 2 is 2.12 bits per heavy atom. The molecule has 0 aromatic carbocycles. The van der Waals surface area contributed by atoms with Gasteiger partial charge >= 0.3 is 0 Å². The molecule has 1 aromatic rings. The van der Waals surface area contributed by atoms with Crippen LogP contribution in [-0.4, -0.2) is 43.0 Å². The minimum Gasteiger partial charge on any atom is -0.385 e. The van der Waals surface area contributed by atoms with Crippen LogP contribution in [0.5, 0.6) is 0 Å². The van der Waals surface area contributed by atoms with Gasteiger partial charge in [0.15, 0.2) is 5.78 Å². The third-order valence-corrected chi connectivity index (χ3v) is 2.90. The monoisotopic (exact) mass is 304 g/mol. The molecule has 1 aromatic heterocycles. The molecule has 0 saturated carbocycles. The number of carbonyl (C=O) groups is 1. The summed E-state index contributed by atoms with van der Waals surface area (Å²) in [5.74, 6) is 0.0718. The fraction of sp³-hybridized carbons (Fsp3) is 0.636. The number of carbonyl (C=O) groups excluding carboxylic acids is 1. The van der Waals surface area contributed by atoms with Crippen LogP contribution in [0.1, 0.15) is 23.3 Å². The van der Waals surface area contributed by atoms with Gasteiger partial charge < -0.3 is 9.47 Å². The number of hydrogen-bond acceptors (Lipinski definition) is 4. The summed E-state index contributed by atoms with van der Waals surface area (Å²) in [6, 6.07) is 0. The molecule has 0 aliphatic carbocycles. The molecule has 1 rings (SSSR count). The molecule has 1 heterocycles. The Bertz CT molecular complexity index is 366. The normalized spacial score (nSPS) is 10.8. The van der Waals surface area contributed by atoms with E-state index in [2.05, 4.69) is 21.0 Å². The first-order valence-corrected chi connectivity index (χ1v) is 6.22. The zero-order valence-corrected chi connectivity index (χ0v) is 11.7. The maximum absolute atomic E-state index is 12.0. The number of ether oxygens (including phenoxy) is 2. The fourth-order valence-electron chi connectivity index (χ4n) is 1.48. The first-order valence-electron chi connectivity index (χ1n) is 5.43. The molecule has 0 N–H and O–H groups in total. The molecule has 0 unspecified atom stereocenters. The fourth-order valence-corrected chi connectivity index (χ4v) is 2.00. The summed E-state index contributed by atoms with van der Waals surface area (Å²) in [6.45, 7) is 1.70. The summed E-state index contributed by atoms with van der Waals surface area (Å²) in [6.07, 6.45) is 2.82. The summed E-state index contributed by atoms with van der Waals surface area (Å²) in [5.41, 5.74) is 0.609. The van der Waals surface area contributed by atoms with Gasteiger partial charge in [0, 0.05) is 27.2 Å². The van der Waals surface area contributed by atoms with Crippen molar-refractivity contribution >= 4 is 21.7 Å². The number of ketones is 1. The van der Waals surface area contributed by atoms with E-state index in [0.29, 0.717) is 31.9 Å². The predicted octanol–water partition coefficient (Wildman–Crippen LogP) is 1.90. The highest BCUT2D eigenvalue weighted by Crippen LogP contribution is 2.18.